The molecule has 1 unspecified atom stereocenters. The first-order valence-corrected chi connectivity index (χ1v) is 6.42. The standard InChI is InChI=1S/C12H14N4OS/c1-8(12-14-5-6-18-12)16-11(17)10-4-3-9(13-2)7-15-10/h3-8,13H,1-2H3,(H,16,17). The maximum Gasteiger partial charge on any atom is 0.270 e. The minimum absolute atomic E-state index is 0.108. The molecule has 2 N–H and O–H groups in total. The van der Waals surface area contributed by atoms with Gasteiger partial charge in [-0.2, -0.15) is 0 Å². The summed E-state index contributed by atoms with van der Waals surface area (Å²) in [5.74, 6) is -0.194. The Morgan fingerprint density at radius 2 is 2.22 bits per heavy atom. The van der Waals surface area contributed by atoms with E-state index in [0.717, 1.165) is 10.7 Å². The zero-order valence-corrected chi connectivity index (χ0v) is 11.0. The lowest BCUT2D eigenvalue weighted by Gasteiger charge is -2.10. The smallest absolute Gasteiger partial charge is 0.270 e. The number of aromatic nitrogens is 2. The van der Waals surface area contributed by atoms with E-state index in [1.165, 1.54) is 11.3 Å². The molecule has 0 aliphatic carbocycles. The molecule has 0 aliphatic heterocycles. The highest BCUT2D eigenvalue weighted by molar-refractivity contribution is 7.09. The summed E-state index contributed by atoms with van der Waals surface area (Å²) in [6.07, 6.45) is 3.35. The first-order chi connectivity index (χ1) is 8.70. The lowest BCUT2D eigenvalue weighted by molar-refractivity contribution is 0.0935. The molecule has 18 heavy (non-hydrogen) atoms. The van der Waals surface area contributed by atoms with Crippen molar-refractivity contribution in [3.63, 3.8) is 0 Å². The van der Waals surface area contributed by atoms with Crippen LogP contribution in [0.4, 0.5) is 5.69 Å². The van der Waals surface area contributed by atoms with E-state index >= 15 is 0 Å². The zero-order valence-electron chi connectivity index (χ0n) is 10.2. The van der Waals surface area contributed by atoms with E-state index in [4.69, 9.17) is 0 Å². The molecule has 0 fully saturated rings. The van der Waals surface area contributed by atoms with Gasteiger partial charge in [0.15, 0.2) is 0 Å². The van der Waals surface area contributed by atoms with Gasteiger partial charge in [0, 0.05) is 18.6 Å². The Balaban J connectivity index is 2.03. The summed E-state index contributed by atoms with van der Waals surface area (Å²) in [5.41, 5.74) is 1.27. The summed E-state index contributed by atoms with van der Waals surface area (Å²) in [5, 5.41) is 8.59. The third-order valence-corrected chi connectivity index (χ3v) is 3.41. The number of pyridine rings is 1. The highest BCUT2D eigenvalue weighted by Crippen LogP contribution is 2.15. The first-order valence-electron chi connectivity index (χ1n) is 5.54. The Morgan fingerprint density at radius 3 is 2.78 bits per heavy atom. The number of hydrogen-bond donors (Lipinski definition) is 2. The molecule has 1 atom stereocenters. The van der Waals surface area contributed by atoms with Gasteiger partial charge in [0.05, 0.1) is 17.9 Å². The van der Waals surface area contributed by atoms with Crippen molar-refractivity contribution in [2.75, 3.05) is 12.4 Å². The molecule has 0 saturated carbocycles. The SMILES string of the molecule is CNc1ccc(C(=O)NC(C)c2nccs2)nc1. The fourth-order valence-electron chi connectivity index (χ4n) is 1.46. The number of nitrogens with zero attached hydrogens (tertiary/aromatic N) is 2. The lowest BCUT2D eigenvalue weighted by Crippen LogP contribution is -2.27. The first kappa shape index (κ1) is 12.5. The number of carbonyl (C=O) groups excluding carboxylic acids is 1. The van der Waals surface area contributed by atoms with E-state index in [0.29, 0.717) is 5.69 Å². The number of hydrogen-bond acceptors (Lipinski definition) is 5. The van der Waals surface area contributed by atoms with Crippen LogP contribution in [0.25, 0.3) is 0 Å². The fraction of sp³-hybridized carbons (Fsp3) is 0.250. The highest BCUT2D eigenvalue weighted by atomic mass is 32.1. The largest absolute Gasteiger partial charge is 0.387 e. The fourth-order valence-corrected chi connectivity index (χ4v) is 2.10. The molecule has 2 aromatic rings. The number of nitrogens with one attached hydrogen (secondary N) is 2. The van der Waals surface area contributed by atoms with Crippen molar-refractivity contribution >= 4 is 22.9 Å². The Labute approximate surface area is 109 Å². The van der Waals surface area contributed by atoms with Crippen molar-refractivity contribution in [1.29, 1.82) is 0 Å². The summed E-state index contributed by atoms with van der Waals surface area (Å²) >= 11 is 1.52. The van der Waals surface area contributed by atoms with Gasteiger partial charge < -0.3 is 10.6 Å². The average Bonchev–Trinajstić information content (AvgIpc) is 2.92. The van der Waals surface area contributed by atoms with Crippen molar-refractivity contribution in [2.45, 2.75) is 13.0 Å². The Morgan fingerprint density at radius 1 is 1.39 bits per heavy atom. The van der Waals surface area contributed by atoms with Crippen LogP contribution >= 0.6 is 11.3 Å². The molecule has 0 spiro atoms. The van der Waals surface area contributed by atoms with E-state index in [-0.39, 0.29) is 11.9 Å². The van der Waals surface area contributed by atoms with Gasteiger partial charge in [-0.3, -0.25) is 4.79 Å². The molecule has 0 bridgehead atoms. The second-order valence-corrected chi connectivity index (χ2v) is 4.67. The number of anilines is 1. The van der Waals surface area contributed by atoms with E-state index in [2.05, 4.69) is 20.6 Å². The number of thiazole rings is 1. The van der Waals surface area contributed by atoms with Gasteiger partial charge in [-0.05, 0) is 19.1 Å². The number of amides is 1. The van der Waals surface area contributed by atoms with Crippen LogP contribution in [0.2, 0.25) is 0 Å². The molecule has 6 heteroatoms. The maximum atomic E-state index is 11.9. The van der Waals surface area contributed by atoms with Crippen molar-refractivity contribution in [3.05, 3.63) is 40.6 Å². The Kier molecular flexibility index (Phi) is 3.88. The number of carbonyl (C=O) groups is 1. The molecule has 0 aromatic carbocycles. The van der Waals surface area contributed by atoms with Crippen LogP contribution < -0.4 is 10.6 Å². The zero-order chi connectivity index (χ0) is 13.0. The monoisotopic (exact) mass is 262 g/mol. The van der Waals surface area contributed by atoms with Gasteiger partial charge in [-0.1, -0.05) is 0 Å². The van der Waals surface area contributed by atoms with Crippen LogP contribution in [0.5, 0.6) is 0 Å². The van der Waals surface area contributed by atoms with Crippen LogP contribution in [0.15, 0.2) is 29.9 Å². The van der Waals surface area contributed by atoms with Gasteiger partial charge in [-0.15, -0.1) is 11.3 Å². The van der Waals surface area contributed by atoms with Gasteiger partial charge >= 0.3 is 0 Å². The molecule has 5 nitrogen and oxygen atoms in total. The van der Waals surface area contributed by atoms with Crippen molar-refractivity contribution in [1.82, 2.24) is 15.3 Å². The molecular formula is C12H14N4OS. The van der Waals surface area contributed by atoms with Crippen molar-refractivity contribution in [3.8, 4) is 0 Å². The van der Waals surface area contributed by atoms with E-state index < -0.39 is 0 Å². The van der Waals surface area contributed by atoms with Crippen LogP contribution in [0.1, 0.15) is 28.5 Å². The van der Waals surface area contributed by atoms with Crippen LogP contribution in [-0.2, 0) is 0 Å². The summed E-state index contributed by atoms with van der Waals surface area (Å²) in [7, 11) is 1.81. The van der Waals surface area contributed by atoms with Crippen molar-refractivity contribution in [2.24, 2.45) is 0 Å². The van der Waals surface area contributed by atoms with Gasteiger partial charge in [0.25, 0.3) is 5.91 Å². The summed E-state index contributed by atoms with van der Waals surface area (Å²) in [6.45, 7) is 1.90. The summed E-state index contributed by atoms with van der Waals surface area (Å²) in [4.78, 5) is 20.2. The Bertz CT molecular complexity index is 509. The topological polar surface area (TPSA) is 66.9 Å². The lowest BCUT2D eigenvalue weighted by atomic mass is 10.3. The van der Waals surface area contributed by atoms with Crippen LogP contribution in [0.3, 0.4) is 0 Å². The van der Waals surface area contributed by atoms with E-state index in [1.807, 2.05) is 18.4 Å². The Hall–Kier alpha value is -1.95. The average molecular weight is 262 g/mol. The van der Waals surface area contributed by atoms with Gasteiger partial charge in [0.2, 0.25) is 0 Å². The second kappa shape index (κ2) is 5.59. The normalized spacial score (nSPS) is 11.9. The molecular weight excluding hydrogens is 248 g/mol. The molecule has 0 saturated heterocycles. The van der Waals surface area contributed by atoms with Crippen molar-refractivity contribution < 1.29 is 4.79 Å². The minimum atomic E-state index is -0.194. The highest BCUT2D eigenvalue weighted by Gasteiger charge is 2.13. The van der Waals surface area contributed by atoms with Crippen LogP contribution in [0, 0.1) is 0 Å². The van der Waals surface area contributed by atoms with Gasteiger partial charge in [-0.25, -0.2) is 9.97 Å². The molecule has 94 valence electrons. The van der Waals surface area contributed by atoms with Crippen LogP contribution in [-0.4, -0.2) is 22.9 Å². The van der Waals surface area contributed by atoms with E-state index in [1.54, 1.807) is 25.5 Å². The molecule has 2 heterocycles. The predicted octanol–water partition coefficient (Wildman–Crippen LogP) is 2.07. The quantitative estimate of drug-likeness (QED) is 0.885. The summed E-state index contributed by atoms with van der Waals surface area (Å²) < 4.78 is 0. The van der Waals surface area contributed by atoms with E-state index in [9.17, 15) is 4.79 Å². The van der Waals surface area contributed by atoms with Gasteiger partial charge in [0.1, 0.15) is 10.7 Å². The predicted molar refractivity (Wildman–Crippen MR) is 71.8 cm³/mol. The number of rotatable bonds is 4. The second-order valence-electron chi connectivity index (χ2n) is 3.75. The minimum Gasteiger partial charge on any atom is -0.387 e. The third kappa shape index (κ3) is 2.84. The molecule has 2 rings (SSSR count). The third-order valence-electron chi connectivity index (χ3n) is 2.45. The molecule has 1 amide bonds. The molecule has 0 radical (unpaired) electrons. The molecule has 2 aromatic heterocycles. The maximum absolute atomic E-state index is 11.9. The molecule has 0 aliphatic rings. The summed E-state index contributed by atoms with van der Waals surface area (Å²) in [6, 6.07) is 3.40.